The van der Waals surface area contributed by atoms with Gasteiger partial charge in [-0.05, 0) is 48.6 Å². The minimum Gasteiger partial charge on any atom is -0.494 e. The molecule has 3 rings (SSSR count). The van der Waals surface area contributed by atoms with Crippen molar-refractivity contribution in [2.75, 3.05) is 12.4 Å². The monoisotopic (exact) mass is 477 g/mol. The van der Waals surface area contributed by atoms with Crippen LogP contribution in [0.1, 0.15) is 24.3 Å². The first kappa shape index (κ1) is 20.3. The number of benzene rings is 2. The highest BCUT2D eigenvalue weighted by atomic mass is 127. The second-order valence-corrected chi connectivity index (χ2v) is 5.98. The number of hydrogen-bond donors (Lipinski definition) is 2. The number of nitrogens with zero attached hydrogens (tertiary/aromatic N) is 1. The third kappa shape index (κ3) is 4.60. The number of anilines is 1. The van der Waals surface area contributed by atoms with Crippen molar-refractivity contribution >= 4 is 35.6 Å². The van der Waals surface area contributed by atoms with Crippen LogP contribution in [0.2, 0.25) is 0 Å². The Morgan fingerprint density at radius 3 is 2.50 bits per heavy atom. The number of methoxy groups -OCH3 is 1. The van der Waals surface area contributed by atoms with Gasteiger partial charge >= 0.3 is 0 Å². The third-order valence-corrected chi connectivity index (χ3v) is 4.27. The molecule has 1 fully saturated rings. The molecular weight excluding hydrogens is 458 g/mol. The second-order valence-electron chi connectivity index (χ2n) is 5.98. The molecule has 0 unspecified atom stereocenters. The zero-order valence-electron chi connectivity index (χ0n) is 14.0. The molecule has 8 heteroatoms. The molecule has 0 spiro atoms. The maximum absolute atomic E-state index is 13.7. The quantitative estimate of drug-likeness (QED) is 0.390. The maximum atomic E-state index is 13.7. The van der Waals surface area contributed by atoms with Gasteiger partial charge in [-0.2, -0.15) is 0 Å². The van der Waals surface area contributed by atoms with Crippen LogP contribution in [-0.4, -0.2) is 19.1 Å². The highest BCUT2D eigenvalue weighted by Gasteiger charge is 2.30. The number of halogens is 4. The van der Waals surface area contributed by atoms with Crippen molar-refractivity contribution in [1.82, 2.24) is 0 Å². The maximum Gasteiger partial charge on any atom is 0.193 e. The summed E-state index contributed by atoms with van der Waals surface area (Å²) in [4.78, 5) is 4.26. The number of nitrogens with one attached hydrogen (secondary N) is 1. The Balaban J connectivity index is 0.00000243. The summed E-state index contributed by atoms with van der Waals surface area (Å²) in [6.45, 7) is 0. The average molecular weight is 477 g/mol. The highest BCUT2D eigenvalue weighted by molar-refractivity contribution is 14.0. The predicted molar refractivity (Wildman–Crippen MR) is 106 cm³/mol. The van der Waals surface area contributed by atoms with Crippen molar-refractivity contribution in [3.63, 3.8) is 0 Å². The van der Waals surface area contributed by atoms with Crippen LogP contribution in [0.25, 0.3) is 0 Å². The molecule has 0 atom stereocenters. The standard InChI is InChI=1S/C18H18F3N3O.HI/c1-25-17-5-2-10(8-15(17)21)11-6-13(7-11)23-18(22)24-16-9-12(19)3-4-14(16)20;/h2-5,8-9,11,13H,6-7H2,1H3,(H3,22,23,24);1H. The molecule has 0 radical (unpaired) electrons. The fourth-order valence-electron chi connectivity index (χ4n) is 2.86. The molecule has 26 heavy (non-hydrogen) atoms. The molecule has 1 aliphatic carbocycles. The number of nitrogens with two attached hydrogens (primary N) is 1. The molecule has 140 valence electrons. The zero-order valence-corrected chi connectivity index (χ0v) is 16.3. The Labute approximate surface area is 166 Å². The molecule has 1 aliphatic rings. The van der Waals surface area contributed by atoms with Gasteiger partial charge in [-0.3, -0.25) is 0 Å². The van der Waals surface area contributed by atoms with Gasteiger partial charge in [0.25, 0.3) is 0 Å². The Morgan fingerprint density at radius 2 is 1.85 bits per heavy atom. The molecular formula is C18H19F3IN3O. The summed E-state index contributed by atoms with van der Waals surface area (Å²) in [5, 5.41) is 2.57. The molecule has 0 saturated heterocycles. The van der Waals surface area contributed by atoms with Gasteiger partial charge in [-0.1, -0.05) is 6.07 Å². The summed E-state index contributed by atoms with van der Waals surface area (Å²) in [5.41, 5.74) is 6.58. The van der Waals surface area contributed by atoms with E-state index in [1.54, 1.807) is 6.07 Å². The first-order valence-electron chi connectivity index (χ1n) is 7.85. The van der Waals surface area contributed by atoms with E-state index in [1.807, 2.05) is 6.07 Å². The molecule has 0 heterocycles. The summed E-state index contributed by atoms with van der Waals surface area (Å²) < 4.78 is 45.3. The van der Waals surface area contributed by atoms with Crippen molar-refractivity contribution in [3.05, 3.63) is 59.4 Å². The topological polar surface area (TPSA) is 59.6 Å². The Bertz CT molecular complexity index is 810. The van der Waals surface area contributed by atoms with Gasteiger partial charge in [-0.25, -0.2) is 18.2 Å². The number of aliphatic imine (C=N–C) groups is 1. The molecule has 0 amide bonds. The van der Waals surface area contributed by atoms with Crippen molar-refractivity contribution in [2.45, 2.75) is 24.8 Å². The minimum atomic E-state index is -0.611. The Morgan fingerprint density at radius 1 is 1.12 bits per heavy atom. The van der Waals surface area contributed by atoms with Crippen LogP contribution in [0.3, 0.4) is 0 Å². The van der Waals surface area contributed by atoms with Crippen LogP contribution in [0.15, 0.2) is 41.4 Å². The molecule has 1 saturated carbocycles. The van der Waals surface area contributed by atoms with E-state index in [9.17, 15) is 13.2 Å². The van der Waals surface area contributed by atoms with E-state index in [2.05, 4.69) is 10.3 Å². The van der Waals surface area contributed by atoms with E-state index in [0.717, 1.165) is 23.8 Å². The van der Waals surface area contributed by atoms with Crippen LogP contribution in [0, 0.1) is 17.5 Å². The van der Waals surface area contributed by atoms with Crippen molar-refractivity contribution < 1.29 is 17.9 Å². The third-order valence-electron chi connectivity index (χ3n) is 4.27. The fraction of sp³-hybridized carbons (Fsp3) is 0.278. The first-order valence-corrected chi connectivity index (χ1v) is 7.85. The van der Waals surface area contributed by atoms with Gasteiger partial charge in [-0.15, -0.1) is 24.0 Å². The average Bonchev–Trinajstić information content (AvgIpc) is 2.54. The van der Waals surface area contributed by atoms with E-state index >= 15 is 0 Å². The molecule has 4 nitrogen and oxygen atoms in total. The largest absolute Gasteiger partial charge is 0.494 e. The minimum absolute atomic E-state index is 0. The van der Waals surface area contributed by atoms with Gasteiger partial charge in [0.05, 0.1) is 18.8 Å². The fourth-order valence-corrected chi connectivity index (χ4v) is 2.86. The number of rotatable bonds is 4. The molecule has 2 aromatic carbocycles. The first-order chi connectivity index (χ1) is 12.0. The lowest BCUT2D eigenvalue weighted by Gasteiger charge is -2.33. The van der Waals surface area contributed by atoms with Crippen molar-refractivity contribution in [2.24, 2.45) is 10.7 Å². The summed E-state index contributed by atoms with van der Waals surface area (Å²) >= 11 is 0. The van der Waals surface area contributed by atoms with Gasteiger partial charge in [0, 0.05) is 6.07 Å². The second kappa shape index (κ2) is 8.61. The molecule has 0 aromatic heterocycles. The molecule has 0 aliphatic heterocycles. The Kier molecular flexibility index (Phi) is 6.74. The lowest BCUT2D eigenvalue weighted by molar-refractivity contribution is 0.349. The smallest absolute Gasteiger partial charge is 0.193 e. The molecule has 3 N–H and O–H groups in total. The van der Waals surface area contributed by atoms with Crippen LogP contribution < -0.4 is 15.8 Å². The van der Waals surface area contributed by atoms with E-state index in [0.29, 0.717) is 12.8 Å². The number of ether oxygens (including phenoxy) is 1. The summed E-state index contributed by atoms with van der Waals surface area (Å²) in [6.07, 6.45) is 1.42. The zero-order chi connectivity index (χ0) is 18.0. The van der Waals surface area contributed by atoms with Gasteiger partial charge < -0.3 is 15.8 Å². The van der Waals surface area contributed by atoms with Crippen molar-refractivity contribution in [3.8, 4) is 5.75 Å². The van der Waals surface area contributed by atoms with Crippen LogP contribution in [0.4, 0.5) is 18.9 Å². The highest BCUT2D eigenvalue weighted by Crippen LogP contribution is 2.39. The molecule has 0 bridgehead atoms. The van der Waals surface area contributed by atoms with E-state index < -0.39 is 17.5 Å². The van der Waals surface area contributed by atoms with Gasteiger partial charge in [0.15, 0.2) is 17.5 Å². The van der Waals surface area contributed by atoms with Gasteiger partial charge in [0.2, 0.25) is 0 Å². The lowest BCUT2D eigenvalue weighted by Crippen LogP contribution is -2.31. The summed E-state index contributed by atoms with van der Waals surface area (Å²) in [5.74, 6) is -1.15. The van der Waals surface area contributed by atoms with Crippen molar-refractivity contribution in [1.29, 1.82) is 0 Å². The van der Waals surface area contributed by atoms with E-state index in [1.165, 1.54) is 13.2 Å². The summed E-state index contributed by atoms with van der Waals surface area (Å²) in [6, 6.07) is 7.91. The van der Waals surface area contributed by atoms with Crippen LogP contribution >= 0.6 is 24.0 Å². The van der Waals surface area contributed by atoms with Crippen LogP contribution in [-0.2, 0) is 0 Å². The van der Waals surface area contributed by atoms with E-state index in [4.69, 9.17) is 10.5 Å². The predicted octanol–water partition coefficient (Wildman–Crippen LogP) is 4.40. The van der Waals surface area contributed by atoms with Gasteiger partial charge in [0.1, 0.15) is 11.6 Å². The van der Waals surface area contributed by atoms with E-state index in [-0.39, 0.29) is 53.3 Å². The number of guanidine groups is 1. The number of hydrogen-bond acceptors (Lipinski definition) is 2. The Hall–Kier alpha value is -1.97. The normalized spacial score (nSPS) is 19.3. The molecule has 2 aromatic rings. The lowest BCUT2D eigenvalue weighted by atomic mass is 9.76. The van der Waals surface area contributed by atoms with Crippen LogP contribution in [0.5, 0.6) is 5.75 Å². The summed E-state index contributed by atoms with van der Waals surface area (Å²) in [7, 11) is 1.42. The SMILES string of the molecule is COc1ccc(C2CC(N=C(N)Nc3cc(F)ccc3F)C2)cc1F.I.